The minimum atomic E-state index is -0.279. The fourth-order valence-corrected chi connectivity index (χ4v) is 1.86. The van der Waals surface area contributed by atoms with Crippen LogP contribution in [0.2, 0.25) is 0 Å². The number of benzene rings is 1. The van der Waals surface area contributed by atoms with Gasteiger partial charge >= 0.3 is 0 Å². The molecule has 0 heterocycles. The molecular formula is C15H24N2O4. The molecule has 3 N–H and O–H groups in total. The summed E-state index contributed by atoms with van der Waals surface area (Å²) in [7, 11) is 0. The average Bonchev–Trinajstić information content (AvgIpc) is 2.48. The van der Waals surface area contributed by atoms with Gasteiger partial charge < -0.3 is 25.2 Å². The number of carbonyl (C=O) groups is 1. The van der Waals surface area contributed by atoms with E-state index in [1.807, 2.05) is 13.8 Å². The van der Waals surface area contributed by atoms with Crippen LogP contribution in [0.3, 0.4) is 0 Å². The quantitative estimate of drug-likeness (QED) is 0.410. The van der Waals surface area contributed by atoms with Gasteiger partial charge in [-0.05, 0) is 26.0 Å². The van der Waals surface area contributed by atoms with Gasteiger partial charge in [-0.25, -0.2) is 0 Å². The maximum atomic E-state index is 12.5. The van der Waals surface area contributed by atoms with E-state index in [9.17, 15) is 9.90 Å². The van der Waals surface area contributed by atoms with E-state index < -0.39 is 0 Å². The number of phenolic OH excluding ortho intramolecular Hbond substituents is 1. The molecule has 0 radical (unpaired) electrons. The molecule has 21 heavy (non-hydrogen) atoms. The van der Waals surface area contributed by atoms with Crippen molar-refractivity contribution in [3.05, 3.63) is 23.8 Å². The van der Waals surface area contributed by atoms with Crippen molar-refractivity contribution < 1.29 is 19.4 Å². The summed E-state index contributed by atoms with van der Waals surface area (Å²) in [6.45, 7) is 6.75. The minimum absolute atomic E-state index is 0.180. The number of aromatic hydroxyl groups is 1. The van der Waals surface area contributed by atoms with E-state index in [4.69, 9.17) is 15.2 Å². The van der Waals surface area contributed by atoms with Crippen LogP contribution in [-0.2, 0) is 9.47 Å². The van der Waals surface area contributed by atoms with Gasteiger partial charge in [-0.15, -0.1) is 0 Å². The monoisotopic (exact) mass is 296 g/mol. The summed E-state index contributed by atoms with van der Waals surface area (Å²) in [5.74, 6) is -0.459. The summed E-state index contributed by atoms with van der Waals surface area (Å²) in [4.78, 5) is 14.1. The first-order valence-corrected chi connectivity index (χ1v) is 7.14. The van der Waals surface area contributed by atoms with Crippen LogP contribution >= 0.6 is 0 Å². The van der Waals surface area contributed by atoms with Gasteiger partial charge in [0.05, 0.1) is 24.5 Å². The highest BCUT2D eigenvalue weighted by Crippen LogP contribution is 2.25. The van der Waals surface area contributed by atoms with Crippen LogP contribution in [0.5, 0.6) is 5.75 Å². The molecular weight excluding hydrogens is 272 g/mol. The molecule has 1 amide bonds. The Morgan fingerprint density at radius 2 is 1.76 bits per heavy atom. The van der Waals surface area contributed by atoms with Crippen LogP contribution in [0.15, 0.2) is 18.2 Å². The fourth-order valence-electron chi connectivity index (χ4n) is 1.86. The molecule has 1 aromatic rings. The Bertz CT molecular complexity index is 441. The van der Waals surface area contributed by atoms with Crippen LogP contribution in [0.25, 0.3) is 0 Å². The lowest BCUT2D eigenvalue weighted by molar-refractivity contribution is 0.0547. The average molecular weight is 296 g/mol. The molecule has 1 aromatic carbocycles. The number of para-hydroxylation sites is 1. The second kappa shape index (κ2) is 9.20. The van der Waals surface area contributed by atoms with Gasteiger partial charge in [0.15, 0.2) is 5.75 Å². The molecule has 0 atom stereocenters. The first-order valence-electron chi connectivity index (χ1n) is 7.14. The molecule has 6 heteroatoms. The summed E-state index contributed by atoms with van der Waals surface area (Å²) < 4.78 is 10.6. The van der Waals surface area contributed by atoms with E-state index in [1.54, 1.807) is 23.1 Å². The zero-order valence-corrected chi connectivity index (χ0v) is 12.7. The van der Waals surface area contributed by atoms with E-state index in [-0.39, 0.29) is 22.9 Å². The number of carbonyl (C=O) groups excluding carboxylic acids is 1. The van der Waals surface area contributed by atoms with E-state index in [0.29, 0.717) is 39.5 Å². The van der Waals surface area contributed by atoms with E-state index >= 15 is 0 Å². The molecule has 1 rings (SSSR count). The van der Waals surface area contributed by atoms with Crippen molar-refractivity contribution in [2.75, 3.05) is 45.3 Å². The van der Waals surface area contributed by atoms with E-state index in [0.717, 1.165) is 0 Å². The Kier molecular flexibility index (Phi) is 7.56. The van der Waals surface area contributed by atoms with Crippen LogP contribution in [0, 0.1) is 0 Å². The number of rotatable bonds is 9. The molecule has 0 unspecified atom stereocenters. The Labute approximate surface area is 125 Å². The van der Waals surface area contributed by atoms with Crippen LogP contribution in [0.4, 0.5) is 5.69 Å². The molecule has 0 spiro atoms. The van der Waals surface area contributed by atoms with E-state index in [1.165, 1.54) is 0 Å². The van der Waals surface area contributed by atoms with Crippen LogP contribution in [0.1, 0.15) is 24.2 Å². The van der Waals surface area contributed by atoms with Crippen molar-refractivity contribution in [2.24, 2.45) is 0 Å². The van der Waals surface area contributed by atoms with Gasteiger partial charge in [0.25, 0.3) is 5.91 Å². The largest absolute Gasteiger partial charge is 0.505 e. The summed E-state index contributed by atoms with van der Waals surface area (Å²) in [6, 6.07) is 4.75. The van der Waals surface area contributed by atoms with Crippen molar-refractivity contribution in [1.82, 2.24) is 4.90 Å². The number of amides is 1. The number of ether oxygens (including phenoxy) is 2. The van der Waals surface area contributed by atoms with Gasteiger partial charge in [0.2, 0.25) is 0 Å². The topological polar surface area (TPSA) is 85.0 Å². The Morgan fingerprint density at radius 3 is 2.29 bits per heavy atom. The lowest BCUT2D eigenvalue weighted by atomic mass is 10.1. The highest BCUT2D eigenvalue weighted by atomic mass is 16.5. The van der Waals surface area contributed by atoms with Gasteiger partial charge in [-0.2, -0.15) is 0 Å². The normalized spacial score (nSPS) is 10.6. The summed E-state index contributed by atoms with van der Waals surface area (Å²) in [6.07, 6.45) is 0. The van der Waals surface area contributed by atoms with Crippen molar-refractivity contribution in [1.29, 1.82) is 0 Å². The first-order chi connectivity index (χ1) is 10.1. The molecule has 0 bridgehead atoms. The zero-order chi connectivity index (χ0) is 15.7. The number of hydrogen-bond donors (Lipinski definition) is 2. The number of nitrogen functional groups attached to an aromatic ring is 1. The third-order valence-electron chi connectivity index (χ3n) is 3.00. The molecule has 0 saturated heterocycles. The predicted octanol–water partition coefficient (Wildman–Crippen LogP) is 1.49. The fraction of sp³-hybridized carbons (Fsp3) is 0.533. The molecule has 0 fully saturated rings. The Hall–Kier alpha value is -1.79. The van der Waals surface area contributed by atoms with Gasteiger partial charge in [-0.1, -0.05) is 6.07 Å². The molecule has 0 aromatic heterocycles. The maximum absolute atomic E-state index is 12.5. The standard InChI is InChI=1S/C15H24N2O4/c1-3-20-10-8-17(9-11-21-4-2)15(19)12-6-5-7-13(16)14(12)18/h5-7,18H,3-4,8-11,16H2,1-2H3. The first kappa shape index (κ1) is 17.3. The highest BCUT2D eigenvalue weighted by molar-refractivity contribution is 5.98. The molecule has 6 nitrogen and oxygen atoms in total. The number of phenols is 1. The Balaban J connectivity index is 2.79. The number of hydrogen-bond acceptors (Lipinski definition) is 5. The lowest BCUT2D eigenvalue weighted by Gasteiger charge is -2.23. The SMILES string of the molecule is CCOCCN(CCOCC)C(=O)c1cccc(N)c1O. The molecule has 0 aliphatic heterocycles. The minimum Gasteiger partial charge on any atom is -0.505 e. The number of anilines is 1. The second-order valence-electron chi connectivity index (χ2n) is 4.43. The van der Waals surface area contributed by atoms with Crippen molar-refractivity contribution in [2.45, 2.75) is 13.8 Å². The molecule has 0 aliphatic carbocycles. The third kappa shape index (κ3) is 5.24. The van der Waals surface area contributed by atoms with Crippen molar-refractivity contribution in [3.8, 4) is 5.75 Å². The number of nitrogens with zero attached hydrogens (tertiary/aromatic N) is 1. The number of nitrogens with two attached hydrogens (primary N) is 1. The van der Waals surface area contributed by atoms with Crippen LogP contribution in [-0.4, -0.2) is 55.4 Å². The highest BCUT2D eigenvalue weighted by Gasteiger charge is 2.19. The van der Waals surface area contributed by atoms with Crippen molar-refractivity contribution >= 4 is 11.6 Å². The summed E-state index contributed by atoms with van der Waals surface area (Å²) >= 11 is 0. The van der Waals surface area contributed by atoms with Gasteiger partial charge in [-0.3, -0.25) is 4.79 Å². The summed E-state index contributed by atoms with van der Waals surface area (Å²) in [5, 5.41) is 9.93. The smallest absolute Gasteiger partial charge is 0.257 e. The van der Waals surface area contributed by atoms with Crippen LogP contribution < -0.4 is 5.73 Å². The Morgan fingerprint density at radius 1 is 1.19 bits per heavy atom. The lowest BCUT2D eigenvalue weighted by Crippen LogP contribution is -2.36. The third-order valence-corrected chi connectivity index (χ3v) is 3.00. The summed E-state index contributed by atoms with van der Waals surface area (Å²) in [5.41, 5.74) is 6.02. The van der Waals surface area contributed by atoms with Gasteiger partial charge in [0.1, 0.15) is 0 Å². The van der Waals surface area contributed by atoms with E-state index in [2.05, 4.69) is 0 Å². The maximum Gasteiger partial charge on any atom is 0.257 e. The van der Waals surface area contributed by atoms with Crippen molar-refractivity contribution in [3.63, 3.8) is 0 Å². The molecule has 0 saturated carbocycles. The van der Waals surface area contributed by atoms with Gasteiger partial charge in [0, 0.05) is 26.3 Å². The second-order valence-corrected chi connectivity index (χ2v) is 4.43. The zero-order valence-electron chi connectivity index (χ0n) is 12.7. The predicted molar refractivity (Wildman–Crippen MR) is 81.4 cm³/mol. The molecule has 118 valence electrons. The molecule has 0 aliphatic rings.